The van der Waals surface area contributed by atoms with Crippen molar-refractivity contribution in [3.8, 4) is 0 Å². The fourth-order valence-corrected chi connectivity index (χ4v) is 4.71. The smallest absolute Gasteiger partial charge is 0.309 e. The highest BCUT2D eigenvalue weighted by molar-refractivity contribution is 8.00. The number of carbonyl (C=O) groups excluding carboxylic acids is 1. The number of thioether (sulfide) groups is 1. The fraction of sp³-hybridized carbons (Fsp3) is 0.316. The van der Waals surface area contributed by atoms with Crippen molar-refractivity contribution in [1.82, 2.24) is 0 Å². The highest BCUT2D eigenvalue weighted by Crippen LogP contribution is 2.51. The predicted octanol–water partition coefficient (Wildman–Crippen LogP) is 6.71. The number of hydrogen-bond donors (Lipinski definition) is 2. The molecule has 0 aliphatic carbocycles. The maximum Gasteiger partial charge on any atom is 0.446 e. The summed E-state index contributed by atoms with van der Waals surface area (Å²) in [6.45, 7) is 4.01. The first-order valence-electron chi connectivity index (χ1n) is 9.03. The average molecular weight is 462 g/mol. The molecule has 30 heavy (non-hydrogen) atoms. The number of nitrogens with one attached hydrogen (secondary N) is 2. The molecule has 0 atom stereocenters. The van der Waals surface area contributed by atoms with Gasteiger partial charge in [0, 0.05) is 16.3 Å². The third-order valence-corrected chi connectivity index (χ3v) is 6.38. The fourth-order valence-electron chi connectivity index (χ4n) is 2.47. The standard InChI is InChI=1S/C19H22F3N2O4PS/c1-3-27-29(26,28-4-2)13-14-5-7-15(8-6-14)23-18(25)24-16-9-11-17(12-10-16)30-19(20,21)22/h5-12H,3-4,13H2,1-2H3,(H2,23,24,25). The number of halogens is 3. The quantitative estimate of drug-likeness (QED) is 0.320. The number of rotatable bonds is 9. The largest absolute Gasteiger partial charge is 0.446 e. The van der Waals surface area contributed by atoms with E-state index in [1.54, 1.807) is 38.1 Å². The zero-order valence-corrected chi connectivity index (χ0v) is 18.1. The lowest BCUT2D eigenvalue weighted by Gasteiger charge is -2.17. The van der Waals surface area contributed by atoms with Crippen molar-refractivity contribution in [3.63, 3.8) is 0 Å². The Bertz CT molecular complexity index is 867. The van der Waals surface area contributed by atoms with Crippen LogP contribution in [-0.4, -0.2) is 24.8 Å². The van der Waals surface area contributed by atoms with Gasteiger partial charge in [0.1, 0.15) is 0 Å². The Morgan fingerprint density at radius 2 is 1.40 bits per heavy atom. The molecule has 2 N–H and O–H groups in total. The zero-order valence-electron chi connectivity index (χ0n) is 16.4. The minimum absolute atomic E-state index is 0.0282. The van der Waals surface area contributed by atoms with Crippen LogP contribution in [0.15, 0.2) is 53.4 Å². The summed E-state index contributed by atoms with van der Waals surface area (Å²) in [5.74, 6) is 0. The van der Waals surface area contributed by atoms with Gasteiger partial charge in [0.05, 0.1) is 19.4 Å². The van der Waals surface area contributed by atoms with Gasteiger partial charge in [-0.1, -0.05) is 12.1 Å². The minimum atomic E-state index is -4.36. The Morgan fingerprint density at radius 3 is 1.83 bits per heavy atom. The Morgan fingerprint density at radius 1 is 0.933 bits per heavy atom. The van der Waals surface area contributed by atoms with Crippen LogP contribution in [0.2, 0.25) is 0 Å². The van der Waals surface area contributed by atoms with E-state index in [1.807, 2.05) is 0 Å². The third-order valence-electron chi connectivity index (χ3n) is 3.59. The number of hydrogen-bond acceptors (Lipinski definition) is 5. The van der Waals surface area contributed by atoms with Crippen molar-refractivity contribution in [2.45, 2.75) is 30.4 Å². The van der Waals surface area contributed by atoms with Crippen LogP contribution in [-0.2, 0) is 19.8 Å². The maximum atomic E-state index is 12.6. The molecule has 0 spiro atoms. The molecule has 0 unspecified atom stereocenters. The number of urea groups is 1. The highest BCUT2D eigenvalue weighted by Gasteiger charge is 2.29. The maximum absolute atomic E-state index is 12.6. The van der Waals surface area contributed by atoms with E-state index in [1.165, 1.54) is 24.3 Å². The summed E-state index contributed by atoms with van der Waals surface area (Å²) in [7, 11) is -3.22. The zero-order chi connectivity index (χ0) is 22.2. The minimum Gasteiger partial charge on any atom is -0.309 e. The molecule has 0 radical (unpaired) electrons. The van der Waals surface area contributed by atoms with Crippen molar-refractivity contribution in [2.24, 2.45) is 0 Å². The second kappa shape index (κ2) is 10.9. The van der Waals surface area contributed by atoms with E-state index in [4.69, 9.17) is 9.05 Å². The molecular weight excluding hydrogens is 440 g/mol. The van der Waals surface area contributed by atoms with Crippen LogP contribution in [0.3, 0.4) is 0 Å². The van der Waals surface area contributed by atoms with Crippen molar-refractivity contribution < 1.29 is 31.6 Å². The monoisotopic (exact) mass is 462 g/mol. The van der Waals surface area contributed by atoms with E-state index in [0.29, 0.717) is 11.4 Å². The van der Waals surface area contributed by atoms with E-state index in [9.17, 15) is 22.5 Å². The lowest BCUT2D eigenvalue weighted by molar-refractivity contribution is -0.0328. The van der Waals surface area contributed by atoms with Crippen molar-refractivity contribution in [3.05, 3.63) is 54.1 Å². The average Bonchev–Trinajstić information content (AvgIpc) is 2.64. The molecule has 2 amide bonds. The van der Waals surface area contributed by atoms with Gasteiger partial charge in [-0.05, 0) is 67.6 Å². The van der Waals surface area contributed by atoms with Crippen LogP contribution in [0, 0.1) is 0 Å². The molecule has 0 aromatic heterocycles. The summed E-state index contributed by atoms with van der Waals surface area (Å²) in [6, 6.07) is 11.4. The van der Waals surface area contributed by atoms with Crippen LogP contribution >= 0.6 is 19.4 Å². The molecule has 2 aromatic carbocycles. The number of alkyl halides is 3. The molecule has 2 rings (SSSR count). The Kier molecular flexibility index (Phi) is 8.78. The summed E-state index contributed by atoms with van der Waals surface area (Å²) in [5.41, 5.74) is -2.80. The van der Waals surface area contributed by atoms with Gasteiger partial charge in [-0.25, -0.2) is 4.79 Å². The number of amides is 2. The van der Waals surface area contributed by atoms with Crippen LogP contribution < -0.4 is 10.6 Å². The SMILES string of the molecule is CCOP(=O)(Cc1ccc(NC(=O)Nc2ccc(SC(F)(F)F)cc2)cc1)OCC. The first-order chi connectivity index (χ1) is 14.1. The lowest BCUT2D eigenvalue weighted by atomic mass is 10.2. The van der Waals surface area contributed by atoms with Crippen LogP contribution in [0.5, 0.6) is 0 Å². The number of anilines is 2. The molecule has 164 valence electrons. The molecular formula is C19H22F3N2O4PS. The van der Waals surface area contributed by atoms with E-state index in [2.05, 4.69) is 10.6 Å². The first-order valence-corrected chi connectivity index (χ1v) is 11.6. The van der Waals surface area contributed by atoms with Crippen molar-refractivity contribution in [2.75, 3.05) is 23.8 Å². The van der Waals surface area contributed by atoms with E-state index in [-0.39, 0.29) is 36.0 Å². The summed E-state index contributed by atoms with van der Waals surface area (Å²) in [6.07, 6.45) is 0.115. The summed E-state index contributed by atoms with van der Waals surface area (Å²) < 4.78 is 60.1. The van der Waals surface area contributed by atoms with Gasteiger partial charge in [0.25, 0.3) is 0 Å². The second-order valence-corrected chi connectivity index (χ2v) is 9.15. The van der Waals surface area contributed by atoms with Gasteiger partial charge in [-0.2, -0.15) is 13.2 Å². The molecule has 0 aliphatic heterocycles. The summed E-state index contributed by atoms with van der Waals surface area (Å²) in [5, 5.41) is 5.16. The molecule has 0 fully saturated rings. The molecule has 2 aromatic rings. The molecule has 0 saturated heterocycles. The first kappa shape index (κ1) is 24.3. The van der Waals surface area contributed by atoms with Crippen LogP contribution in [0.1, 0.15) is 19.4 Å². The van der Waals surface area contributed by atoms with Gasteiger partial charge in [0.2, 0.25) is 0 Å². The number of carbonyl (C=O) groups is 1. The second-order valence-electron chi connectivity index (χ2n) is 5.95. The Balaban J connectivity index is 1.92. The molecule has 6 nitrogen and oxygen atoms in total. The summed E-state index contributed by atoms with van der Waals surface area (Å²) >= 11 is -0.224. The van der Waals surface area contributed by atoms with E-state index >= 15 is 0 Å². The van der Waals surface area contributed by atoms with Crippen LogP contribution in [0.4, 0.5) is 29.3 Å². The predicted molar refractivity (Wildman–Crippen MR) is 112 cm³/mol. The Labute approximate surface area is 177 Å². The molecule has 0 heterocycles. The third kappa shape index (κ3) is 8.39. The Hall–Kier alpha value is -2.00. The van der Waals surface area contributed by atoms with E-state index < -0.39 is 19.1 Å². The van der Waals surface area contributed by atoms with E-state index in [0.717, 1.165) is 5.56 Å². The van der Waals surface area contributed by atoms with Gasteiger partial charge >= 0.3 is 19.1 Å². The lowest BCUT2D eigenvalue weighted by Crippen LogP contribution is -2.19. The summed E-state index contributed by atoms with van der Waals surface area (Å²) in [4.78, 5) is 12.1. The molecule has 0 saturated carbocycles. The van der Waals surface area contributed by atoms with Gasteiger partial charge in [-0.15, -0.1) is 0 Å². The van der Waals surface area contributed by atoms with Crippen LogP contribution in [0.25, 0.3) is 0 Å². The van der Waals surface area contributed by atoms with Crippen molar-refractivity contribution >= 4 is 36.8 Å². The molecule has 0 bridgehead atoms. The van der Waals surface area contributed by atoms with Gasteiger partial charge < -0.3 is 19.7 Å². The van der Waals surface area contributed by atoms with Gasteiger partial charge in [-0.3, -0.25) is 4.57 Å². The normalized spacial score (nSPS) is 11.9. The molecule has 0 aliphatic rings. The number of benzene rings is 2. The van der Waals surface area contributed by atoms with Gasteiger partial charge in [0.15, 0.2) is 0 Å². The highest BCUT2D eigenvalue weighted by atomic mass is 32.2. The topological polar surface area (TPSA) is 76.7 Å². The molecule has 11 heteroatoms. The van der Waals surface area contributed by atoms with Crippen molar-refractivity contribution in [1.29, 1.82) is 0 Å².